The zero-order valence-corrected chi connectivity index (χ0v) is 9.35. The maximum atomic E-state index is 11.4. The molecule has 0 unspecified atom stereocenters. The fourth-order valence-corrected chi connectivity index (χ4v) is 1.67. The van der Waals surface area contributed by atoms with E-state index in [2.05, 4.69) is 15.6 Å². The van der Waals surface area contributed by atoms with E-state index >= 15 is 0 Å². The first-order chi connectivity index (χ1) is 7.84. The second kappa shape index (κ2) is 5.53. The molecule has 1 aromatic rings. The monoisotopic (exact) mass is 222 g/mol. The average Bonchev–Trinajstić information content (AvgIpc) is 2.71. The molecule has 1 aliphatic carbocycles. The lowest BCUT2D eigenvalue weighted by Gasteiger charge is -2.26. The van der Waals surface area contributed by atoms with Crippen LogP contribution in [0.1, 0.15) is 25.7 Å². The number of amides is 2. The molecule has 1 aliphatic rings. The molecule has 1 fully saturated rings. The summed E-state index contributed by atoms with van der Waals surface area (Å²) in [5, 5.41) is 5.80. The third-order valence-corrected chi connectivity index (χ3v) is 2.88. The van der Waals surface area contributed by atoms with Crippen LogP contribution < -0.4 is 10.6 Å². The number of rotatable bonds is 5. The van der Waals surface area contributed by atoms with Crippen LogP contribution in [0.15, 0.2) is 18.7 Å². The fraction of sp³-hybridized carbons (Fsp3) is 0.636. The molecule has 1 saturated carbocycles. The van der Waals surface area contributed by atoms with Gasteiger partial charge in [-0.3, -0.25) is 0 Å². The van der Waals surface area contributed by atoms with Gasteiger partial charge in [0.25, 0.3) is 0 Å². The summed E-state index contributed by atoms with van der Waals surface area (Å²) in [6, 6.07) is 0.379. The molecule has 88 valence electrons. The molecule has 1 heterocycles. The summed E-state index contributed by atoms with van der Waals surface area (Å²) in [5.41, 5.74) is 0. The number of aryl methyl sites for hydroxylation is 1. The van der Waals surface area contributed by atoms with Crippen molar-refractivity contribution in [3.63, 3.8) is 0 Å². The van der Waals surface area contributed by atoms with Crippen molar-refractivity contribution in [3.8, 4) is 0 Å². The van der Waals surface area contributed by atoms with Crippen LogP contribution >= 0.6 is 0 Å². The van der Waals surface area contributed by atoms with Crippen molar-refractivity contribution in [1.82, 2.24) is 20.2 Å². The Hall–Kier alpha value is -1.52. The van der Waals surface area contributed by atoms with Crippen LogP contribution in [0.3, 0.4) is 0 Å². The SMILES string of the molecule is O=C(NCCCn1ccnc1)NC1CCC1. The largest absolute Gasteiger partial charge is 0.338 e. The van der Waals surface area contributed by atoms with Gasteiger partial charge in [0.15, 0.2) is 0 Å². The second-order valence-electron chi connectivity index (χ2n) is 4.18. The maximum absolute atomic E-state index is 11.4. The zero-order valence-electron chi connectivity index (χ0n) is 9.35. The molecule has 0 aromatic carbocycles. The summed E-state index contributed by atoms with van der Waals surface area (Å²) < 4.78 is 2.01. The van der Waals surface area contributed by atoms with E-state index in [0.29, 0.717) is 12.6 Å². The van der Waals surface area contributed by atoms with Crippen molar-refractivity contribution in [2.75, 3.05) is 6.54 Å². The van der Waals surface area contributed by atoms with Gasteiger partial charge in [-0.05, 0) is 25.7 Å². The first-order valence-corrected chi connectivity index (χ1v) is 5.85. The van der Waals surface area contributed by atoms with E-state index in [-0.39, 0.29) is 6.03 Å². The van der Waals surface area contributed by atoms with Crippen LogP contribution in [-0.4, -0.2) is 28.2 Å². The minimum atomic E-state index is -0.0321. The van der Waals surface area contributed by atoms with E-state index in [9.17, 15) is 4.79 Å². The lowest BCUT2D eigenvalue weighted by Crippen LogP contribution is -2.45. The third-order valence-electron chi connectivity index (χ3n) is 2.88. The van der Waals surface area contributed by atoms with Crippen LogP contribution in [0.2, 0.25) is 0 Å². The molecule has 16 heavy (non-hydrogen) atoms. The van der Waals surface area contributed by atoms with E-state index in [1.807, 2.05) is 10.8 Å². The fourth-order valence-electron chi connectivity index (χ4n) is 1.67. The summed E-state index contributed by atoms with van der Waals surface area (Å²) in [7, 11) is 0. The Kier molecular flexibility index (Phi) is 3.80. The van der Waals surface area contributed by atoms with Gasteiger partial charge in [-0.15, -0.1) is 0 Å². The third kappa shape index (κ3) is 3.25. The Morgan fingerprint density at radius 2 is 2.38 bits per heavy atom. The first kappa shape index (κ1) is 11.0. The molecule has 5 heteroatoms. The molecule has 0 aliphatic heterocycles. The number of carbonyl (C=O) groups is 1. The van der Waals surface area contributed by atoms with E-state index in [1.54, 1.807) is 12.5 Å². The highest BCUT2D eigenvalue weighted by Gasteiger charge is 2.18. The summed E-state index contributed by atoms with van der Waals surface area (Å²) in [6.07, 6.45) is 9.89. The lowest BCUT2D eigenvalue weighted by atomic mass is 9.93. The highest BCUT2D eigenvalue weighted by molar-refractivity contribution is 5.74. The average molecular weight is 222 g/mol. The van der Waals surface area contributed by atoms with Gasteiger partial charge in [0.05, 0.1) is 6.33 Å². The molecule has 5 nitrogen and oxygen atoms in total. The molecular formula is C11H18N4O. The van der Waals surface area contributed by atoms with Gasteiger partial charge < -0.3 is 15.2 Å². The molecular weight excluding hydrogens is 204 g/mol. The summed E-state index contributed by atoms with van der Waals surface area (Å²) in [6.45, 7) is 1.60. The van der Waals surface area contributed by atoms with Gasteiger partial charge >= 0.3 is 6.03 Å². The van der Waals surface area contributed by atoms with E-state index in [1.165, 1.54) is 6.42 Å². The highest BCUT2D eigenvalue weighted by Crippen LogP contribution is 2.17. The Balaban J connectivity index is 1.52. The number of nitrogens with one attached hydrogen (secondary N) is 2. The molecule has 2 rings (SSSR count). The molecule has 2 N–H and O–H groups in total. The summed E-state index contributed by atoms with van der Waals surface area (Å²) >= 11 is 0. The van der Waals surface area contributed by atoms with E-state index in [0.717, 1.165) is 25.8 Å². The van der Waals surface area contributed by atoms with Gasteiger partial charge in [-0.25, -0.2) is 9.78 Å². The predicted molar refractivity (Wildman–Crippen MR) is 61.0 cm³/mol. The van der Waals surface area contributed by atoms with Gasteiger partial charge in [-0.1, -0.05) is 0 Å². The Morgan fingerprint density at radius 1 is 1.50 bits per heavy atom. The number of imidazole rings is 1. The molecule has 0 bridgehead atoms. The molecule has 2 amide bonds. The van der Waals surface area contributed by atoms with Crippen molar-refractivity contribution >= 4 is 6.03 Å². The molecule has 1 aromatic heterocycles. The highest BCUT2D eigenvalue weighted by atomic mass is 16.2. The number of aromatic nitrogens is 2. The number of nitrogens with zero attached hydrogens (tertiary/aromatic N) is 2. The Bertz CT molecular complexity index is 319. The summed E-state index contributed by atoms with van der Waals surface area (Å²) in [4.78, 5) is 15.3. The topological polar surface area (TPSA) is 59.0 Å². The first-order valence-electron chi connectivity index (χ1n) is 5.85. The molecule has 0 atom stereocenters. The minimum Gasteiger partial charge on any atom is -0.338 e. The lowest BCUT2D eigenvalue weighted by molar-refractivity contribution is 0.228. The maximum Gasteiger partial charge on any atom is 0.315 e. The van der Waals surface area contributed by atoms with E-state index < -0.39 is 0 Å². The van der Waals surface area contributed by atoms with Gasteiger partial charge in [0.2, 0.25) is 0 Å². The van der Waals surface area contributed by atoms with Crippen molar-refractivity contribution < 1.29 is 4.79 Å². The zero-order chi connectivity index (χ0) is 11.2. The second-order valence-corrected chi connectivity index (χ2v) is 4.18. The van der Waals surface area contributed by atoms with Crippen LogP contribution in [0.4, 0.5) is 4.79 Å². The van der Waals surface area contributed by atoms with E-state index in [4.69, 9.17) is 0 Å². The number of urea groups is 1. The standard InChI is InChI=1S/C11H18N4O/c16-11(14-10-3-1-4-10)13-5-2-7-15-8-6-12-9-15/h6,8-10H,1-5,7H2,(H2,13,14,16). The molecule has 0 spiro atoms. The number of carbonyl (C=O) groups excluding carboxylic acids is 1. The van der Waals surface area contributed by atoms with Crippen LogP contribution in [0.5, 0.6) is 0 Å². The smallest absolute Gasteiger partial charge is 0.315 e. The molecule has 0 saturated heterocycles. The summed E-state index contributed by atoms with van der Waals surface area (Å²) in [5.74, 6) is 0. The van der Waals surface area contributed by atoms with Crippen LogP contribution in [0, 0.1) is 0 Å². The quantitative estimate of drug-likeness (QED) is 0.734. The number of hydrogen-bond donors (Lipinski definition) is 2. The van der Waals surface area contributed by atoms with Gasteiger partial charge in [0.1, 0.15) is 0 Å². The van der Waals surface area contributed by atoms with Gasteiger partial charge in [-0.2, -0.15) is 0 Å². The van der Waals surface area contributed by atoms with Crippen molar-refractivity contribution in [2.45, 2.75) is 38.3 Å². The molecule has 0 radical (unpaired) electrons. The Labute approximate surface area is 95.2 Å². The van der Waals surface area contributed by atoms with Crippen molar-refractivity contribution in [1.29, 1.82) is 0 Å². The van der Waals surface area contributed by atoms with Crippen molar-refractivity contribution in [3.05, 3.63) is 18.7 Å². The van der Waals surface area contributed by atoms with Gasteiger partial charge in [0, 0.05) is 31.5 Å². The number of hydrogen-bond acceptors (Lipinski definition) is 2. The van der Waals surface area contributed by atoms with Crippen LogP contribution in [0.25, 0.3) is 0 Å². The Morgan fingerprint density at radius 3 is 3.00 bits per heavy atom. The minimum absolute atomic E-state index is 0.0321. The predicted octanol–water partition coefficient (Wildman–Crippen LogP) is 1.12. The van der Waals surface area contributed by atoms with Crippen molar-refractivity contribution in [2.24, 2.45) is 0 Å². The van der Waals surface area contributed by atoms with Crippen LogP contribution in [-0.2, 0) is 6.54 Å². The normalized spacial score (nSPS) is 15.5.